The number of methoxy groups -OCH3 is 1. The van der Waals surface area contributed by atoms with Crippen LogP contribution in [0.2, 0.25) is 0 Å². The maximum absolute atomic E-state index is 11.3. The molecule has 0 spiro atoms. The first-order valence-electron chi connectivity index (χ1n) is 5.70. The Morgan fingerprint density at radius 1 is 1.40 bits per heavy atom. The molecule has 1 rings (SSSR count). The third kappa shape index (κ3) is 3.20. The van der Waals surface area contributed by atoms with Gasteiger partial charge in [-0.25, -0.2) is 0 Å². The van der Waals surface area contributed by atoms with Crippen LogP contribution in [-0.2, 0) is 14.3 Å². The van der Waals surface area contributed by atoms with E-state index >= 15 is 0 Å². The largest absolute Gasteiger partial charge is 0.469 e. The summed E-state index contributed by atoms with van der Waals surface area (Å²) in [6.07, 6.45) is 4.46. The molecule has 0 bridgehead atoms. The Balaban J connectivity index is 2.57. The van der Waals surface area contributed by atoms with Crippen LogP contribution in [-0.4, -0.2) is 24.3 Å². The lowest BCUT2D eigenvalue weighted by Gasteiger charge is -2.46. The lowest BCUT2D eigenvalue weighted by atomic mass is 9.77. The van der Waals surface area contributed by atoms with Crippen molar-refractivity contribution < 1.29 is 14.3 Å². The Hall–Kier alpha value is -0.570. The zero-order valence-corrected chi connectivity index (χ0v) is 10.3. The molecule has 0 heterocycles. The number of ether oxygens (including phenoxy) is 2. The maximum atomic E-state index is 11.3. The monoisotopic (exact) mass is 214 g/mol. The molecule has 0 unspecified atom stereocenters. The zero-order valence-electron chi connectivity index (χ0n) is 10.3. The average molecular weight is 214 g/mol. The number of hydrogen-bond donors (Lipinski definition) is 0. The molecule has 0 aliphatic heterocycles. The van der Waals surface area contributed by atoms with E-state index in [0.29, 0.717) is 6.42 Å². The molecule has 1 aliphatic carbocycles. The normalized spacial score (nSPS) is 19.5. The van der Waals surface area contributed by atoms with Gasteiger partial charge in [-0.1, -0.05) is 6.92 Å². The van der Waals surface area contributed by atoms with Gasteiger partial charge in [-0.2, -0.15) is 0 Å². The number of rotatable bonds is 5. The minimum absolute atomic E-state index is 0.144. The Morgan fingerprint density at radius 2 is 2.00 bits per heavy atom. The summed E-state index contributed by atoms with van der Waals surface area (Å²) in [5.74, 6) is -0.165. The van der Waals surface area contributed by atoms with Crippen molar-refractivity contribution in [1.29, 1.82) is 0 Å². The van der Waals surface area contributed by atoms with Crippen LogP contribution in [0.15, 0.2) is 0 Å². The molecule has 0 aromatic rings. The van der Waals surface area contributed by atoms with Gasteiger partial charge < -0.3 is 9.47 Å². The van der Waals surface area contributed by atoms with Crippen LogP contribution in [0, 0.1) is 0 Å². The van der Waals surface area contributed by atoms with E-state index in [1.165, 1.54) is 7.11 Å². The Morgan fingerprint density at radius 3 is 2.33 bits per heavy atom. The third-order valence-corrected chi connectivity index (χ3v) is 3.30. The average Bonchev–Trinajstić information content (AvgIpc) is 2.14. The zero-order chi connectivity index (χ0) is 11.5. The van der Waals surface area contributed by atoms with E-state index < -0.39 is 0 Å². The smallest absolute Gasteiger partial charge is 0.308 e. The summed E-state index contributed by atoms with van der Waals surface area (Å²) in [4.78, 5) is 11.3. The van der Waals surface area contributed by atoms with E-state index in [0.717, 1.165) is 25.7 Å². The van der Waals surface area contributed by atoms with E-state index in [9.17, 15) is 4.79 Å². The summed E-state index contributed by atoms with van der Waals surface area (Å²) in [5.41, 5.74) is -0.388. The van der Waals surface area contributed by atoms with Crippen molar-refractivity contribution in [2.45, 2.75) is 64.1 Å². The van der Waals surface area contributed by atoms with Gasteiger partial charge in [0.1, 0.15) is 0 Å². The van der Waals surface area contributed by atoms with Crippen LogP contribution in [0.5, 0.6) is 0 Å². The van der Waals surface area contributed by atoms with E-state index in [-0.39, 0.29) is 17.2 Å². The maximum Gasteiger partial charge on any atom is 0.308 e. The molecule has 0 saturated heterocycles. The molecule has 88 valence electrons. The SMILES string of the molecule is CCC(C)(C)OC1(CC(=O)OC)CCC1. The summed E-state index contributed by atoms with van der Waals surface area (Å²) in [6.45, 7) is 6.25. The summed E-state index contributed by atoms with van der Waals surface area (Å²) in [5, 5.41) is 0. The van der Waals surface area contributed by atoms with E-state index in [1.54, 1.807) is 0 Å². The molecule has 0 radical (unpaired) electrons. The minimum Gasteiger partial charge on any atom is -0.469 e. The van der Waals surface area contributed by atoms with Crippen LogP contribution < -0.4 is 0 Å². The van der Waals surface area contributed by atoms with E-state index in [4.69, 9.17) is 9.47 Å². The standard InChI is InChI=1S/C12H22O3/c1-5-11(2,3)15-12(7-6-8-12)9-10(13)14-4/h5-9H2,1-4H3. The molecule has 1 fully saturated rings. The fourth-order valence-corrected chi connectivity index (χ4v) is 1.88. The molecular weight excluding hydrogens is 192 g/mol. The topological polar surface area (TPSA) is 35.5 Å². The minimum atomic E-state index is -0.243. The Labute approximate surface area is 92.1 Å². The second-order valence-electron chi connectivity index (χ2n) is 5.00. The summed E-state index contributed by atoms with van der Waals surface area (Å²) in [7, 11) is 1.43. The molecule has 15 heavy (non-hydrogen) atoms. The predicted octanol–water partition coefficient (Wildman–Crippen LogP) is 2.68. The number of carbonyl (C=O) groups is 1. The molecule has 1 saturated carbocycles. The molecule has 0 aromatic heterocycles. The first-order chi connectivity index (χ1) is 6.93. The summed E-state index contributed by atoms with van der Waals surface area (Å²) >= 11 is 0. The van der Waals surface area contributed by atoms with E-state index in [2.05, 4.69) is 20.8 Å². The van der Waals surface area contributed by atoms with Gasteiger partial charge in [0.2, 0.25) is 0 Å². The molecule has 3 heteroatoms. The first kappa shape index (κ1) is 12.5. The van der Waals surface area contributed by atoms with E-state index in [1.807, 2.05) is 0 Å². The van der Waals surface area contributed by atoms with Gasteiger partial charge in [-0.15, -0.1) is 0 Å². The quantitative estimate of drug-likeness (QED) is 0.660. The van der Waals surface area contributed by atoms with Crippen molar-refractivity contribution in [2.75, 3.05) is 7.11 Å². The van der Waals surface area contributed by atoms with Gasteiger partial charge >= 0.3 is 5.97 Å². The van der Waals surface area contributed by atoms with Gasteiger partial charge in [0.25, 0.3) is 0 Å². The van der Waals surface area contributed by atoms with Gasteiger partial charge in [0.05, 0.1) is 24.7 Å². The van der Waals surface area contributed by atoms with Crippen molar-refractivity contribution in [2.24, 2.45) is 0 Å². The second-order valence-corrected chi connectivity index (χ2v) is 5.00. The molecule has 0 atom stereocenters. The van der Waals surface area contributed by atoms with Crippen LogP contribution >= 0.6 is 0 Å². The molecule has 1 aliphatic rings. The fraction of sp³-hybridized carbons (Fsp3) is 0.917. The van der Waals surface area contributed by atoms with Crippen molar-refractivity contribution in [1.82, 2.24) is 0 Å². The lowest BCUT2D eigenvalue weighted by molar-refractivity contribution is -0.191. The number of hydrogen-bond acceptors (Lipinski definition) is 3. The van der Waals surface area contributed by atoms with Gasteiger partial charge in [0.15, 0.2) is 0 Å². The highest BCUT2D eigenvalue weighted by molar-refractivity contribution is 5.70. The van der Waals surface area contributed by atoms with Gasteiger partial charge in [-0.3, -0.25) is 4.79 Å². The summed E-state index contributed by atoms with van der Waals surface area (Å²) < 4.78 is 10.8. The third-order valence-electron chi connectivity index (χ3n) is 3.30. The van der Waals surface area contributed by atoms with Crippen LogP contribution in [0.3, 0.4) is 0 Å². The molecule has 3 nitrogen and oxygen atoms in total. The molecule has 0 aromatic carbocycles. The lowest BCUT2D eigenvalue weighted by Crippen LogP contribution is -2.48. The molecular formula is C12H22O3. The summed E-state index contributed by atoms with van der Waals surface area (Å²) in [6, 6.07) is 0. The number of esters is 1. The number of carbonyl (C=O) groups excluding carboxylic acids is 1. The highest BCUT2D eigenvalue weighted by atomic mass is 16.5. The Bertz CT molecular complexity index is 229. The van der Waals surface area contributed by atoms with Crippen LogP contribution in [0.4, 0.5) is 0 Å². The first-order valence-corrected chi connectivity index (χ1v) is 5.70. The van der Waals surface area contributed by atoms with Gasteiger partial charge in [-0.05, 0) is 39.5 Å². The van der Waals surface area contributed by atoms with Crippen LogP contribution in [0.25, 0.3) is 0 Å². The molecule has 0 amide bonds. The van der Waals surface area contributed by atoms with Crippen LogP contribution in [0.1, 0.15) is 52.9 Å². The second kappa shape index (κ2) is 4.52. The Kier molecular flexibility index (Phi) is 3.77. The highest BCUT2D eigenvalue weighted by Gasteiger charge is 2.43. The van der Waals surface area contributed by atoms with Crippen molar-refractivity contribution in [3.63, 3.8) is 0 Å². The van der Waals surface area contributed by atoms with Gasteiger partial charge in [0, 0.05) is 0 Å². The highest BCUT2D eigenvalue weighted by Crippen LogP contribution is 2.42. The van der Waals surface area contributed by atoms with Crippen molar-refractivity contribution >= 4 is 5.97 Å². The fourth-order valence-electron chi connectivity index (χ4n) is 1.88. The van der Waals surface area contributed by atoms with Crippen molar-refractivity contribution in [3.8, 4) is 0 Å². The molecule has 0 N–H and O–H groups in total. The predicted molar refractivity (Wildman–Crippen MR) is 58.7 cm³/mol. The van der Waals surface area contributed by atoms with Crippen molar-refractivity contribution in [3.05, 3.63) is 0 Å².